The first-order valence-corrected chi connectivity index (χ1v) is 8.41. The van der Waals surface area contributed by atoms with E-state index in [1.54, 1.807) is 26.0 Å². The van der Waals surface area contributed by atoms with Crippen molar-refractivity contribution >= 4 is 23.2 Å². The summed E-state index contributed by atoms with van der Waals surface area (Å²) >= 11 is 0. The minimum Gasteiger partial charge on any atom is -0.495 e. The molecular weight excluding hydrogens is 330 g/mol. The van der Waals surface area contributed by atoms with Crippen LogP contribution in [0.25, 0.3) is 0 Å². The molecular formula is C20H25N3O3. The van der Waals surface area contributed by atoms with Crippen LogP contribution < -0.4 is 15.4 Å². The van der Waals surface area contributed by atoms with E-state index in [-0.39, 0.29) is 18.4 Å². The van der Waals surface area contributed by atoms with E-state index in [0.717, 1.165) is 11.3 Å². The molecule has 6 heteroatoms. The van der Waals surface area contributed by atoms with Gasteiger partial charge in [-0.3, -0.25) is 14.5 Å². The van der Waals surface area contributed by atoms with Crippen LogP contribution >= 0.6 is 0 Å². The van der Waals surface area contributed by atoms with E-state index in [1.807, 2.05) is 55.5 Å². The number of carbonyl (C=O) groups is 2. The summed E-state index contributed by atoms with van der Waals surface area (Å²) in [5.74, 6) is 0.219. The zero-order chi connectivity index (χ0) is 19.1. The van der Waals surface area contributed by atoms with Crippen molar-refractivity contribution in [1.29, 1.82) is 0 Å². The van der Waals surface area contributed by atoms with Gasteiger partial charge in [0.2, 0.25) is 11.8 Å². The lowest BCUT2D eigenvalue weighted by atomic mass is 10.2. The molecule has 2 amide bonds. The number of nitrogens with one attached hydrogen (secondary N) is 2. The number of aryl methyl sites for hydroxylation is 1. The summed E-state index contributed by atoms with van der Waals surface area (Å²) in [6, 6.07) is 14.3. The van der Waals surface area contributed by atoms with Crippen LogP contribution in [0.1, 0.15) is 12.5 Å². The van der Waals surface area contributed by atoms with E-state index >= 15 is 0 Å². The number of methoxy groups -OCH3 is 1. The number of hydrogen-bond acceptors (Lipinski definition) is 4. The Hall–Kier alpha value is -2.86. The summed E-state index contributed by atoms with van der Waals surface area (Å²) in [5, 5.41) is 5.68. The van der Waals surface area contributed by atoms with Gasteiger partial charge in [-0.15, -0.1) is 0 Å². The van der Waals surface area contributed by atoms with Crippen LogP contribution in [0.15, 0.2) is 48.5 Å². The third kappa shape index (κ3) is 5.32. The molecule has 0 aliphatic heterocycles. The van der Waals surface area contributed by atoms with Gasteiger partial charge in [-0.1, -0.05) is 24.3 Å². The Kier molecular flexibility index (Phi) is 6.74. The molecule has 0 saturated carbocycles. The fourth-order valence-electron chi connectivity index (χ4n) is 2.44. The molecule has 1 unspecified atom stereocenters. The molecule has 6 nitrogen and oxygen atoms in total. The van der Waals surface area contributed by atoms with E-state index in [9.17, 15) is 9.59 Å². The van der Waals surface area contributed by atoms with Crippen LogP contribution in [0.3, 0.4) is 0 Å². The van der Waals surface area contributed by atoms with E-state index < -0.39 is 6.04 Å². The Labute approximate surface area is 154 Å². The van der Waals surface area contributed by atoms with Crippen LogP contribution in [0.5, 0.6) is 5.75 Å². The number of para-hydroxylation sites is 1. The van der Waals surface area contributed by atoms with Gasteiger partial charge in [0, 0.05) is 5.69 Å². The molecule has 1 atom stereocenters. The maximum absolute atomic E-state index is 12.5. The molecule has 0 bridgehead atoms. The van der Waals surface area contributed by atoms with Crippen molar-refractivity contribution in [3.63, 3.8) is 0 Å². The largest absolute Gasteiger partial charge is 0.495 e. The maximum atomic E-state index is 12.5. The monoisotopic (exact) mass is 355 g/mol. The number of amides is 2. The van der Waals surface area contributed by atoms with Gasteiger partial charge in [-0.2, -0.15) is 0 Å². The molecule has 2 N–H and O–H groups in total. The highest BCUT2D eigenvalue weighted by atomic mass is 16.5. The number of hydrogen-bond donors (Lipinski definition) is 2. The average Bonchev–Trinajstić information content (AvgIpc) is 2.61. The van der Waals surface area contributed by atoms with Gasteiger partial charge < -0.3 is 15.4 Å². The lowest BCUT2D eigenvalue weighted by molar-refractivity contribution is -0.122. The highest BCUT2D eigenvalue weighted by Crippen LogP contribution is 2.25. The van der Waals surface area contributed by atoms with Crippen LogP contribution in [-0.4, -0.2) is 43.5 Å². The number of anilines is 2. The summed E-state index contributed by atoms with van der Waals surface area (Å²) in [6.07, 6.45) is 0. The molecule has 0 fully saturated rings. The lowest BCUT2D eigenvalue weighted by Gasteiger charge is -2.23. The summed E-state index contributed by atoms with van der Waals surface area (Å²) < 4.78 is 5.28. The SMILES string of the molecule is COc1ccc(C)cc1NC(=O)C(C)N(C)CC(=O)Nc1ccccc1. The zero-order valence-electron chi connectivity index (χ0n) is 15.6. The molecule has 0 radical (unpaired) electrons. The minimum absolute atomic E-state index is 0.106. The molecule has 0 aliphatic rings. The van der Waals surface area contributed by atoms with Gasteiger partial charge in [0.1, 0.15) is 5.75 Å². The quantitative estimate of drug-likeness (QED) is 0.801. The second kappa shape index (κ2) is 9.01. The van der Waals surface area contributed by atoms with Gasteiger partial charge in [0.25, 0.3) is 0 Å². The fraction of sp³-hybridized carbons (Fsp3) is 0.300. The van der Waals surface area contributed by atoms with Crippen molar-refractivity contribution in [3.8, 4) is 5.75 Å². The van der Waals surface area contributed by atoms with Crippen molar-refractivity contribution in [1.82, 2.24) is 4.90 Å². The molecule has 2 aromatic rings. The molecule has 138 valence electrons. The summed E-state index contributed by atoms with van der Waals surface area (Å²) in [7, 11) is 3.30. The van der Waals surface area contributed by atoms with Gasteiger partial charge in [0.05, 0.1) is 25.4 Å². The van der Waals surface area contributed by atoms with Crippen molar-refractivity contribution in [3.05, 3.63) is 54.1 Å². The molecule has 0 spiro atoms. The van der Waals surface area contributed by atoms with Crippen LogP contribution in [0.4, 0.5) is 11.4 Å². The van der Waals surface area contributed by atoms with E-state index in [1.165, 1.54) is 0 Å². The number of rotatable bonds is 7. The molecule has 2 aromatic carbocycles. The summed E-state index contributed by atoms with van der Waals surface area (Å²) in [4.78, 5) is 26.4. The third-order valence-electron chi connectivity index (χ3n) is 4.10. The summed E-state index contributed by atoms with van der Waals surface area (Å²) in [6.45, 7) is 3.81. The normalized spacial score (nSPS) is 11.7. The Morgan fingerprint density at radius 2 is 1.81 bits per heavy atom. The van der Waals surface area contributed by atoms with Crippen molar-refractivity contribution in [2.45, 2.75) is 19.9 Å². The Balaban J connectivity index is 1.94. The summed E-state index contributed by atoms with van der Waals surface area (Å²) in [5.41, 5.74) is 2.36. The van der Waals surface area contributed by atoms with Gasteiger partial charge >= 0.3 is 0 Å². The van der Waals surface area contributed by atoms with Gasteiger partial charge in [-0.25, -0.2) is 0 Å². The number of ether oxygens (including phenoxy) is 1. The van der Waals surface area contributed by atoms with Crippen LogP contribution in [0, 0.1) is 6.92 Å². The molecule has 0 aromatic heterocycles. The van der Waals surface area contributed by atoms with Crippen molar-refractivity contribution in [2.75, 3.05) is 31.3 Å². The number of nitrogens with zero attached hydrogens (tertiary/aromatic N) is 1. The third-order valence-corrected chi connectivity index (χ3v) is 4.10. The predicted molar refractivity (Wildman–Crippen MR) is 104 cm³/mol. The number of likely N-dealkylation sites (N-methyl/N-ethyl adjacent to an activating group) is 1. The highest BCUT2D eigenvalue weighted by molar-refractivity contribution is 5.97. The minimum atomic E-state index is -0.484. The Bertz CT molecular complexity index is 762. The zero-order valence-corrected chi connectivity index (χ0v) is 15.6. The topological polar surface area (TPSA) is 70.7 Å². The molecule has 0 aliphatic carbocycles. The lowest BCUT2D eigenvalue weighted by Crippen LogP contribution is -2.43. The Morgan fingerprint density at radius 3 is 2.46 bits per heavy atom. The van der Waals surface area contributed by atoms with E-state index in [2.05, 4.69) is 10.6 Å². The van der Waals surface area contributed by atoms with Crippen molar-refractivity contribution in [2.24, 2.45) is 0 Å². The first-order valence-electron chi connectivity index (χ1n) is 8.41. The average molecular weight is 355 g/mol. The molecule has 26 heavy (non-hydrogen) atoms. The van der Waals surface area contributed by atoms with E-state index in [4.69, 9.17) is 4.74 Å². The first kappa shape index (κ1) is 19.5. The number of benzene rings is 2. The maximum Gasteiger partial charge on any atom is 0.241 e. The Morgan fingerprint density at radius 1 is 1.12 bits per heavy atom. The van der Waals surface area contributed by atoms with Gasteiger partial charge in [-0.05, 0) is 50.7 Å². The first-order chi connectivity index (χ1) is 12.4. The molecule has 0 saturated heterocycles. The van der Waals surface area contributed by atoms with Crippen molar-refractivity contribution < 1.29 is 14.3 Å². The van der Waals surface area contributed by atoms with Gasteiger partial charge in [0.15, 0.2) is 0 Å². The highest BCUT2D eigenvalue weighted by Gasteiger charge is 2.21. The molecule has 2 rings (SSSR count). The van der Waals surface area contributed by atoms with E-state index in [0.29, 0.717) is 11.4 Å². The predicted octanol–water partition coefficient (Wildman–Crippen LogP) is 2.90. The van der Waals surface area contributed by atoms with Crippen LogP contribution in [0.2, 0.25) is 0 Å². The smallest absolute Gasteiger partial charge is 0.241 e. The fourth-order valence-corrected chi connectivity index (χ4v) is 2.44. The number of carbonyl (C=O) groups excluding carboxylic acids is 2. The van der Waals surface area contributed by atoms with Crippen LogP contribution in [-0.2, 0) is 9.59 Å². The second-order valence-electron chi connectivity index (χ2n) is 6.20. The second-order valence-corrected chi connectivity index (χ2v) is 6.20. The standard InChI is InChI=1S/C20H25N3O3/c1-14-10-11-18(26-4)17(12-14)22-20(25)15(2)23(3)13-19(24)21-16-8-6-5-7-9-16/h5-12,15H,13H2,1-4H3,(H,21,24)(H,22,25). The molecule has 0 heterocycles.